The molecule has 28 rings (SSSR count). The van der Waals surface area contributed by atoms with Crippen LogP contribution in [0.4, 0.5) is 0 Å². The van der Waals surface area contributed by atoms with Gasteiger partial charge in [-0.25, -0.2) is 0 Å². The van der Waals surface area contributed by atoms with E-state index in [1.54, 1.807) is 0 Å². The third kappa shape index (κ3) is 11.6. The van der Waals surface area contributed by atoms with E-state index in [1.165, 1.54) is 220 Å². The molecule has 134 heavy (non-hydrogen) atoms. The Morgan fingerprint density at radius 1 is 0.149 bits per heavy atom. The number of rotatable bonds is 12. The van der Waals surface area contributed by atoms with Gasteiger partial charge in [-0.1, -0.05) is 394 Å². The average Bonchev–Trinajstić information content (AvgIpc) is 1.51. The molecule has 0 aliphatic heterocycles. The van der Waals surface area contributed by atoms with Crippen molar-refractivity contribution in [1.29, 1.82) is 0 Å². The molecule has 4 heterocycles. The fourth-order valence-electron chi connectivity index (χ4n) is 23.3. The number of benzene rings is 22. The van der Waals surface area contributed by atoms with Gasteiger partial charge in [0.15, 0.2) is 0 Å². The Bertz CT molecular complexity index is 9110. The highest BCUT2D eigenvalue weighted by Gasteiger charge is 2.50. The van der Waals surface area contributed by atoms with Crippen molar-refractivity contribution in [1.82, 2.24) is 18.3 Å². The smallest absolute Gasteiger partial charge is 0.0734 e. The van der Waals surface area contributed by atoms with Gasteiger partial charge < -0.3 is 18.3 Å². The van der Waals surface area contributed by atoms with E-state index in [-0.39, 0.29) is 0 Å². The highest BCUT2D eigenvalue weighted by atomic mass is 15.0. The molecule has 4 aromatic heterocycles. The van der Waals surface area contributed by atoms with E-state index in [0.29, 0.717) is 0 Å². The van der Waals surface area contributed by atoms with E-state index in [1.807, 2.05) is 0 Å². The molecule has 0 atom stereocenters. The summed E-state index contributed by atoms with van der Waals surface area (Å²) in [4.78, 5) is 0. The lowest BCUT2D eigenvalue weighted by molar-refractivity contribution is 0.772. The van der Waals surface area contributed by atoms with Crippen LogP contribution >= 0.6 is 0 Å². The lowest BCUT2D eigenvalue weighted by Gasteiger charge is -2.34. The number of hydrogen-bond donors (Lipinski definition) is 0. The van der Waals surface area contributed by atoms with Gasteiger partial charge in [-0.2, -0.15) is 0 Å². The first-order valence-electron chi connectivity index (χ1n) is 46.5. The van der Waals surface area contributed by atoms with Gasteiger partial charge in [-0.3, -0.25) is 0 Å². The predicted molar refractivity (Wildman–Crippen MR) is 562 cm³/mol. The van der Waals surface area contributed by atoms with Gasteiger partial charge in [0, 0.05) is 71.4 Å². The van der Waals surface area contributed by atoms with Crippen LogP contribution in [0.25, 0.3) is 198 Å². The molecule has 0 fully saturated rings. The molecule has 0 saturated carbocycles. The molecule has 26 aromatic rings. The first kappa shape index (κ1) is 76.6. The summed E-state index contributed by atoms with van der Waals surface area (Å²) in [6, 6.07) is 189. The monoisotopic (exact) mass is 1700 g/mol. The van der Waals surface area contributed by atoms with Gasteiger partial charge in [0.1, 0.15) is 0 Å². The normalized spacial score (nSPS) is 12.9. The fraction of sp³-hybridized carbons (Fsp3) is 0.0154. The molecule has 4 nitrogen and oxygen atoms in total. The molecule has 0 saturated heterocycles. The van der Waals surface area contributed by atoms with Gasteiger partial charge in [0.2, 0.25) is 0 Å². The SMILES string of the molecule is c1ccc(-c2ccc(-n3c4ccccc4c4cc(-c5ccc6c(c5)c5c7c(ccc5n6-c5ccc6ccccc6c5)-c5ccccc5C7(c5ccccc5)c5ccccc5)ccc43)cc2)cc1.c1ccc(-c2ccc(-n3c4ccccc4c4cc(-c5ccc6c(c5)c5ccc7c(c5n6-c5ccc6ccccc6c5)C(c5ccccc5)(c5ccccc5)c5ccccc5-7)ccc43)cc2)cc1. The summed E-state index contributed by atoms with van der Waals surface area (Å²) < 4.78 is 9.89. The minimum absolute atomic E-state index is 0.563. The molecule has 0 spiro atoms. The van der Waals surface area contributed by atoms with Crippen molar-refractivity contribution >= 4 is 109 Å². The first-order chi connectivity index (χ1) is 66.5. The summed E-state index contributed by atoms with van der Waals surface area (Å²) in [6.45, 7) is 0. The second-order valence-electron chi connectivity index (χ2n) is 36.0. The Balaban J connectivity index is 0.000000136. The summed E-state index contributed by atoms with van der Waals surface area (Å²) in [5, 5.41) is 14.9. The van der Waals surface area contributed by atoms with E-state index in [2.05, 4.69) is 528 Å². The van der Waals surface area contributed by atoms with E-state index in [4.69, 9.17) is 0 Å². The molecule has 4 heteroatoms. The van der Waals surface area contributed by atoms with E-state index in [0.717, 1.165) is 22.7 Å². The Kier molecular flexibility index (Phi) is 17.5. The second-order valence-corrected chi connectivity index (χ2v) is 36.0. The summed E-state index contributed by atoms with van der Waals surface area (Å²) in [6.07, 6.45) is 0. The van der Waals surface area contributed by atoms with Gasteiger partial charge in [0.05, 0.1) is 55.0 Å². The van der Waals surface area contributed by atoms with Crippen LogP contribution in [-0.2, 0) is 10.8 Å². The molecule has 0 amide bonds. The van der Waals surface area contributed by atoms with Crippen LogP contribution in [0.2, 0.25) is 0 Å². The van der Waals surface area contributed by atoms with Crippen molar-refractivity contribution < 1.29 is 0 Å². The highest BCUT2D eigenvalue weighted by Crippen LogP contribution is 2.62. The van der Waals surface area contributed by atoms with Crippen LogP contribution in [-0.4, -0.2) is 18.3 Å². The minimum Gasteiger partial charge on any atom is -0.309 e. The average molecular weight is 1700 g/mol. The van der Waals surface area contributed by atoms with Crippen LogP contribution < -0.4 is 0 Å². The molecule has 0 radical (unpaired) electrons. The summed E-state index contributed by atoms with van der Waals surface area (Å²) >= 11 is 0. The van der Waals surface area contributed by atoms with E-state index >= 15 is 0 Å². The third-order valence-electron chi connectivity index (χ3n) is 29.1. The quantitative estimate of drug-likeness (QED) is 0.116. The minimum atomic E-state index is -0.569. The standard InChI is InChI=1S/2C65H42N2/c1-4-16-43(17-5-1)45-28-33-51(34-29-45)66-60-27-15-13-25-54(60)57-41-47(31-38-61(57)66)48-32-39-62-58(42-48)56-37-36-55-53-24-12-14-26-59(53)65(49-20-6-2-7-21-49,50-22-8-3-9-23-50)63(55)64(56)67(62)52-35-30-44-18-10-11-19-46(44)40-52;1-4-16-43(17-5-1)45-28-33-51(34-29-45)66-59-27-15-13-25-54(59)56-41-47(31-37-60(56)66)48-32-38-61-57(42-48)63-62(67(61)52-35-30-44-18-10-11-19-46(44)40-52)39-36-55-53-24-12-14-26-58(53)65(64(55)63,49-20-6-2-7-21-49)50-22-8-3-9-23-50/h2*1-42H. The van der Waals surface area contributed by atoms with Crippen LogP contribution in [0.15, 0.2) is 510 Å². The van der Waals surface area contributed by atoms with Gasteiger partial charge in [0.25, 0.3) is 0 Å². The molecule has 624 valence electrons. The molecular weight excluding hydrogens is 1620 g/mol. The number of aromatic nitrogens is 4. The zero-order valence-electron chi connectivity index (χ0n) is 73.3. The van der Waals surface area contributed by atoms with Gasteiger partial charge in [-0.05, 0) is 243 Å². The van der Waals surface area contributed by atoms with Crippen molar-refractivity contribution in [3.63, 3.8) is 0 Å². The fourth-order valence-corrected chi connectivity index (χ4v) is 23.3. The van der Waals surface area contributed by atoms with Crippen LogP contribution in [0.1, 0.15) is 44.5 Å². The molecule has 0 unspecified atom stereocenters. The second kappa shape index (κ2) is 30.6. The maximum Gasteiger partial charge on any atom is 0.0734 e. The third-order valence-corrected chi connectivity index (χ3v) is 29.1. The lowest BCUT2D eigenvalue weighted by Crippen LogP contribution is -2.29. The van der Waals surface area contributed by atoms with Gasteiger partial charge in [-0.15, -0.1) is 0 Å². The Labute approximate surface area is 776 Å². The van der Waals surface area contributed by atoms with Crippen LogP contribution in [0.5, 0.6) is 0 Å². The maximum absolute atomic E-state index is 2.56. The summed E-state index contributed by atoms with van der Waals surface area (Å²) in [7, 11) is 0. The predicted octanol–water partition coefficient (Wildman–Crippen LogP) is 33.5. The molecule has 0 bridgehead atoms. The molecule has 2 aliphatic rings. The number of hydrogen-bond acceptors (Lipinski definition) is 0. The van der Waals surface area contributed by atoms with Gasteiger partial charge >= 0.3 is 0 Å². The van der Waals surface area contributed by atoms with Crippen molar-refractivity contribution in [3.05, 3.63) is 554 Å². The highest BCUT2D eigenvalue weighted by molar-refractivity contribution is 6.19. The number of fused-ring (bicyclic) bond motifs is 22. The first-order valence-corrected chi connectivity index (χ1v) is 46.5. The Hall–Kier alpha value is -17.4. The molecular formula is C130H84N4. The Morgan fingerprint density at radius 2 is 0.448 bits per heavy atom. The maximum atomic E-state index is 2.56. The molecule has 2 aliphatic carbocycles. The van der Waals surface area contributed by atoms with E-state index in [9.17, 15) is 0 Å². The zero-order valence-corrected chi connectivity index (χ0v) is 73.3. The molecule has 0 N–H and O–H groups in total. The number of nitrogens with zero attached hydrogens (tertiary/aromatic N) is 4. The lowest BCUT2D eigenvalue weighted by atomic mass is 9.67. The summed E-state index contributed by atoms with van der Waals surface area (Å²) in [5.74, 6) is 0. The Morgan fingerprint density at radius 3 is 0.903 bits per heavy atom. The van der Waals surface area contributed by atoms with Crippen LogP contribution in [0.3, 0.4) is 0 Å². The van der Waals surface area contributed by atoms with Crippen molar-refractivity contribution in [2.45, 2.75) is 10.8 Å². The van der Waals surface area contributed by atoms with Crippen molar-refractivity contribution in [2.75, 3.05) is 0 Å². The van der Waals surface area contributed by atoms with Crippen molar-refractivity contribution in [3.8, 4) is 89.5 Å². The molecule has 22 aromatic carbocycles. The topological polar surface area (TPSA) is 19.7 Å². The largest absolute Gasteiger partial charge is 0.309 e. The van der Waals surface area contributed by atoms with E-state index < -0.39 is 10.8 Å². The van der Waals surface area contributed by atoms with Crippen molar-refractivity contribution in [2.24, 2.45) is 0 Å². The zero-order chi connectivity index (χ0) is 88.1. The number of para-hydroxylation sites is 2. The summed E-state index contributed by atoms with van der Waals surface area (Å²) in [5.41, 5.74) is 38.1. The van der Waals surface area contributed by atoms with Crippen LogP contribution in [0, 0.1) is 0 Å².